The number of amides is 2. The van der Waals surface area contributed by atoms with Crippen LogP contribution in [0.3, 0.4) is 0 Å². The lowest BCUT2D eigenvalue weighted by atomic mass is 10.1. The van der Waals surface area contributed by atoms with Gasteiger partial charge in [-0.3, -0.25) is 9.59 Å². The summed E-state index contributed by atoms with van der Waals surface area (Å²) in [5, 5.41) is 5.72. The predicted molar refractivity (Wildman–Crippen MR) is 99.7 cm³/mol. The van der Waals surface area contributed by atoms with Crippen molar-refractivity contribution < 1.29 is 9.59 Å². The molecule has 2 rings (SSSR count). The number of hydrogen-bond donors (Lipinski definition) is 3. The van der Waals surface area contributed by atoms with Crippen molar-refractivity contribution in [1.29, 1.82) is 0 Å². The molecule has 0 spiro atoms. The summed E-state index contributed by atoms with van der Waals surface area (Å²) in [6.07, 6.45) is 1.13. The molecule has 0 saturated heterocycles. The van der Waals surface area contributed by atoms with Crippen LogP contribution in [-0.2, 0) is 16.1 Å². The Balaban J connectivity index is 2.09. The first kappa shape index (κ1) is 18.5. The van der Waals surface area contributed by atoms with E-state index in [9.17, 15) is 9.59 Å². The van der Waals surface area contributed by atoms with Gasteiger partial charge in [0, 0.05) is 18.7 Å². The van der Waals surface area contributed by atoms with E-state index >= 15 is 0 Å². The van der Waals surface area contributed by atoms with E-state index in [1.807, 2.05) is 62.4 Å². The molecule has 0 fully saturated rings. The number of rotatable bonds is 7. The molecule has 132 valence electrons. The molecule has 2 aromatic carbocycles. The molecule has 0 saturated carbocycles. The van der Waals surface area contributed by atoms with E-state index in [0.29, 0.717) is 13.0 Å². The number of hydrogen-bond acceptors (Lipinski definition) is 3. The van der Waals surface area contributed by atoms with E-state index in [1.54, 1.807) is 0 Å². The van der Waals surface area contributed by atoms with Gasteiger partial charge in [0.05, 0.1) is 0 Å². The fraction of sp³-hybridized carbons (Fsp3) is 0.300. The van der Waals surface area contributed by atoms with Crippen molar-refractivity contribution in [2.75, 3.05) is 5.73 Å². The van der Waals surface area contributed by atoms with E-state index in [-0.39, 0.29) is 11.8 Å². The fourth-order valence-electron chi connectivity index (χ4n) is 2.54. The van der Waals surface area contributed by atoms with Crippen molar-refractivity contribution in [2.24, 2.45) is 0 Å². The smallest absolute Gasteiger partial charge is 0.247 e. The highest BCUT2D eigenvalue weighted by molar-refractivity contribution is 5.88. The highest BCUT2D eigenvalue weighted by atomic mass is 16.2. The minimum atomic E-state index is -0.699. The second kappa shape index (κ2) is 8.87. The summed E-state index contributed by atoms with van der Waals surface area (Å²) in [6.45, 7) is 4.24. The molecule has 0 bridgehead atoms. The molecule has 2 amide bonds. The number of anilines is 1. The lowest BCUT2D eigenvalue weighted by Crippen LogP contribution is -2.40. The molecule has 0 aromatic heterocycles. The van der Waals surface area contributed by atoms with Crippen LogP contribution in [0.5, 0.6) is 0 Å². The molecule has 2 aromatic rings. The molecule has 25 heavy (non-hydrogen) atoms. The summed E-state index contributed by atoms with van der Waals surface area (Å²) in [7, 11) is 0. The Morgan fingerprint density at radius 1 is 1.12 bits per heavy atom. The zero-order valence-corrected chi connectivity index (χ0v) is 14.7. The molecule has 5 heteroatoms. The first-order valence-corrected chi connectivity index (χ1v) is 8.48. The Labute approximate surface area is 148 Å². The molecule has 1 atom stereocenters. The summed E-state index contributed by atoms with van der Waals surface area (Å²) in [4.78, 5) is 24.6. The third-order valence-corrected chi connectivity index (χ3v) is 3.98. The topological polar surface area (TPSA) is 84.2 Å². The number of nitrogens with one attached hydrogen (secondary N) is 2. The standard InChI is InChI=1S/C20H25N3O2/c1-3-7-18(24)23-19(16-8-5-4-6-9-16)20(25)22-13-15-10-11-17(21)14(2)12-15/h4-6,8-12,19H,3,7,13,21H2,1-2H3,(H,22,25)(H,23,24). The molecule has 1 unspecified atom stereocenters. The second-order valence-electron chi connectivity index (χ2n) is 6.07. The van der Waals surface area contributed by atoms with Crippen molar-refractivity contribution in [3.05, 3.63) is 65.2 Å². The van der Waals surface area contributed by atoms with E-state index in [2.05, 4.69) is 10.6 Å². The zero-order valence-electron chi connectivity index (χ0n) is 14.7. The average molecular weight is 339 g/mol. The lowest BCUT2D eigenvalue weighted by Gasteiger charge is -2.19. The zero-order chi connectivity index (χ0) is 18.2. The lowest BCUT2D eigenvalue weighted by molar-refractivity contribution is -0.129. The van der Waals surface area contributed by atoms with E-state index in [1.165, 1.54) is 0 Å². The monoisotopic (exact) mass is 339 g/mol. The number of benzene rings is 2. The average Bonchev–Trinajstić information content (AvgIpc) is 2.61. The van der Waals surface area contributed by atoms with Crippen LogP contribution in [0.1, 0.15) is 42.5 Å². The van der Waals surface area contributed by atoms with Crippen molar-refractivity contribution >= 4 is 17.5 Å². The molecule has 0 aliphatic heterocycles. The van der Waals surface area contributed by atoms with Gasteiger partial charge in [-0.05, 0) is 36.1 Å². The van der Waals surface area contributed by atoms with Crippen molar-refractivity contribution in [1.82, 2.24) is 10.6 Å². The SMILES string of the molecule is CCCC(=O)NC(C(=O)NCc1ccc(N)c(C)c1)c1ccccc1. The molecule has 0 aliphatic rings. The van der Waals surface area contributed by atoms with Crippen LogP contribution in [0.25, 0.3) is 0 Å². The maximum absolute atomic E-state index is 12.7. The Kier molecular flexibility index (Phi) is 6.57. The van der Waals surface area contributed by atoms with Crippen LogP contribution in [0, 0.1) is 6.92 Å². The van der Waals surface area contributed by atoms with E-state index in [0.717, 1.165) is 28.8 Å². The van der Waals surface area contributed by atoms with Crippen LogP contribution in [0.15, 0.2) is 48.5 Å². The molecule has 5 nitrogen and oxygen atoms in total. The Morgan fingerprint density at radius 3 is 2.48 bits per heavy atom. The Hall–Kier alpha value is -2.82. The number of carbonyl (C=O) groups is 2. The van der Waals surface area contributed by atoms with Gasteiger partial charge in [0.15, 0.2) is 0 Å². The molecular formula is C20H25N3O2. The van der Waals surface area contributed by atoms with Gasteiger partial charge in [-0.2, -0.15) is 0 Å². The third-order valence-electron chi connectivity index (χ3n) is 3.98. The van der Waals surface area contributed by atoms with Gasteiger partial charge in [0.25, 0.3) is 0 Å². The summed E-state index contributed by atoms with van der Waals surface area (Å²) in [6, 6.07) is 14.2. The summed E-state index contributed by atoms with van der Waals surface area (Å²) >= 11 is 0. The highest BCUT2D eigenvalue weighted by Gasteiger charge is 2.22. The normalized spacial score (nSPS) is 11.6. The van der Waals surface area contributed by atoms with Gasteiger partial charge < -0.3 is 16.4 Å². The quantitative estimate of drug-likeness (QED) is 0.678. The fourth-order valence-corrected chi connectivity index (χ4v) is 2.54. The Morgan fingerprint density at radius 2 is 1.84 bits per heavy atom. The maximum Gasteiger partial charge on any atom is 0.247 e. The van der Waals surface area contributed by atoms with Crippen LogP contribution >= 0.6 is 0 Å². The van der Waals surface area contributed by atoms with Gasteiger partial charge in [0.2, 0.25) is 11.8 Å². The summed E-state index contributed by atoms with van der Waals surface area (Å²) < 4.78 is 0. The van der Waals surface area contributed by atoms with Crippen LogP contribution in [-0.4, -0.2) is 11.8 Å². The molecular weight excluding hydrogens is 314 g/mol. The first-order chi connectivity index (χ1) is 12.0. The number of aryl methyl sites for hydroxylation is 1. The Bertz CT molecular complexity index is 729. The van der Waals surface area contributed by atoms with E-state index < -0.39 is 6.04 Å². The largest absolute Gasteiger partial charge is 0.399 e. The van der Waals surface area contributed by atoms with E-state index in [4.69, 9.17) is 5.73 Å². The van der Waals surface area contributed by atoms with Crippen molar-refractivity contribution in [3.63, 3.8) is 0 Å². The van der Waals surface area contributed by atoms with Gasteiger partial charge in [-0.15, -0.1) is 0 Å². The second-order valence-corrected chi connectivity index (χ2v) is 6.07. The highest BCUT2D eigenvalue weighted by Crippen LogP contribution is 2.15. The van der Waals surface area contributed by atoms with Gasteiger partial charge >= 0.3 is 0 Å². The minimum Gasteiger partial charge on any atom is -0.399 e. The van der Waals surface area contributed by atoms with Crippen LogP contribution in [0.4, 0.5) is 5.69 Å². The van der Waals surface area contributed by atoms with Crippen LogP contribution < -0.4 is 16.4 Å². The molecule has 0 heterocycles. The molecule has 0 radical (unpaired) electrons. The molecule has 4 N–H and O–H groups in total. The number of nitrogens with two attached hydrogens (primary N) is 1. The summed E-state index contributed by atoms with van der Waals surface area (Å²) in [5.74, 6) is -0.361. The predicted octanol–water partition coefficient (Wildman–Crippen LogP) is 2.85. The maximum atomic E-state index is 12.7. The summed E-state index contributed by atoms with van der Waals surface area (Å²) in [5.41, 5.74) is 9.24. The van der Waals surface area contributed by atoms with Gasteiger partial charge in [-0.25, -0.2) is 0 Å². The number of nitrogen functional groups attached to an aromatic ring is 1. The van der Waals surface area contributed by atoms with Crippen molar-refractivity contribution in [3.8, 4) is 0 Å². The minimum absolute atomic E-state index is 0.130. The van der Waals surface area contributed by atoms with Gasteiger partial charge in [0.1, 0.15) is 6.04 Å². The van der Waals surface area contributed by atoms with Crippen molar-refractivity contribution in [2.45, 2.75) is 39.3 Å². The third kappa shape index (κ3) is 5.35. The van der Waals surface area contributed by atoms with Crippen LogP contribution in [0.2, 0.25) is 0 Å². The first-order valence-electron chi connectivity index (χ1n) is 8.48. The molecule has 0 aliphatic carbocycles. The number of carbonyl (C=O) groups excluding carboxylic acids is 2. The van der Waals surface area contributed by atoms with Gasteiger partial charge in [-0.1, -0.05) is 49.4 Å².